The second-order valence-corrected chi connectivity index (χ2v) is 4.13. The fourth-order valence-corrected chi connectivity index (χ4v) is 1.51. The maximum Gasteiger partial charge on any atom is 0.165 e. The van der Waals surface area contributed by atoms with E-state index in [1.165, 1.54) is 12.3 Å². The highest BCUT2D eigenvalue weighted by Gasteiger charge is 2.06. The monoisotopic (exact) mass is 247 g/mol. The molecule has 0 saturated carbocycles. The quantitative estimate of drug-likeness (QED) is 0.904. The molecule has 0 aliphatic heterocycles. The van der Waals surface area contributed by atoms with Crippen LogP contribution in [0.5, 0.6) is 11.5 Å². The van der Waals surface area contributed by atoms with Crippen LogP contribution in [-0.2, 0) is 0 Å². The van der Waals surface area contributed by atoms with Gasteiger partial charge in [0.2, 0.25) is 0 Å². The van der Waals surface area contributed by atoms with Gasteiger partial charge in [0, 0.05) is 0 Å². The van der Waals surface area contributed by atoms with Crippen molar-refractivity contribution in [3.63, 3.8) is 0 Å². The van der Waals surface area contributed by atoms with Gasteiger partial charge in [-0.25, -0.2) is 4.39 Å². The summed E-state index contributed by atoms with van der Waals surface area (Å²) in [4.78, 5) is 4.03. The molecule has 0 fully saturated rings. The number of hydrogen-bond donors (Lipinski definition) is 1. The molecule has 1 aromatic heterocycles. The van der Waals surface area contributed by atoms with E-state index in [0.717, 1.165) is 5.56 Å². The Labute approximate surface area is 105 Å². The number of ether oxygens (including phenoxy) is 1. The molecule has 0 bridgehead atoms. The van der Waals surface area contributed by atoms with Crippen LogP contribution in [0.4, 0.5) is 4.39 Å². The molecule has 2 aromatic rings. The Morgan fingerprint density at radius 2 is 2.06 bits per heavy atom. The molecule has 1 atom stereocenters. The topological polar surface area (TPSA) is 42.4 Å². The predicted molar refractivity (Wildman–Crippen MR) is 66.1 cm³/mol. The molecular weight excluding hydrogens is 233 g/mol. The van der Waals surface area contributed by atoms with Gasteiger partial charge in [0.15, 0.2) is 11.6 Å². The maximum absolute atomic E-state index is 13.5. The first-order valence-corrected chi connectivity index (χ1v) is 5.64. The third kappa shape index (κ3) is 2.84. The zero-order valence-electron chi connectivity index (χ0n) is 10.2. The van der Waals surface area contributed by atoms with Crippen molar-refractivity contribution in [3.05, 3.63) is 53.6 Å². The minimum Gasteiger partial charge on any atom is -0.453 e. The first-order chi connectivity index (χ1) is 8.56. The fraction of sp³-hybridized carbons (Fsp3) is 0.214. The lowest BCUT2D eigenvalue weighted by atomic mass is 10.2. The van der Waals surface area contributed by atoms with Gasteiger partial charge in [0.1, 0.15) is 5.75 Å². The number of benzene rings is 1. The molecule has 0 radical (unpaired) electrons. The first-order valence-electron chi connectivity index (χ1n) is 5.64. The average molecular weight is 247 g/mol. The number of hydrogen-bond acceptors (Lipinski definition) is 3. The SMILES string of the molecule is Cc1ccc(F)c(Oc2ccc(C(C)O)nc2)c1. The van der Waals surface area contributed by atoms with Crippen LogP contribution in [0, 0.1) is 12.7 Å². The van der Waals surface area contributed by atoms with Gasteiger partial charge in [0.05, 0.1) is 18.0 Å². The van der Waals surface area contributed by atoms with Gasteiger partial charge >= 0.3 is 0 Å². The lowest BCUT2D eigenvalue weighted by molar-refractivity contribution is 0.194. The molecule has 0 saturated heterocycles. The van der Waals surface area contributed by atoms with Gasteiger partial charge in [-0.3, -0.25) is 4.98 Å². The molecular formula is C14H14FNO2. The van der Waals surface area contributed by atoms with Crippen LogP contribution in [0.2, 0.25) is 0 Å². The van der Waals surface area contributed by atoms with E-state index >= 15 is 0 Å². The van der Waals surface area contributed by atoms with Crippen LogP contribution < -0.4 is 4.74 Å². The molecule has 1 unspecified atom stereocenters. The molecule has 1 N–H and O–H groups in total. The fourth-order valence-electron chi connectivity index (χ4n) is 1.51. The standard InChI is InChI=1S/C14H14FNO2/c1-9-3-5-12(15)14(7-9)18-11-4-6-13(10(2)17)16-8-11/h3-8,10,17H,1-2H3. The highest BCUT2D eigenvalue weighted by Crippen LogP contribution is 2.25. The van der Waals surface area contributed by atoms with Crippen molar-refractivity contribution in [1.82, 2.24) is 4.98 Å². The molecule has 0 aliphatic rings. The number of halogens is 1. The summed E-state index contributed by atoms with van der Waals surface area (Å²) in [5.41, 5.74) is 1.46. The van der Waals surface area contributed by atoms with E-state index in [2.05, 4.69) is 4.98 Å². The number of aromatic nitrogens is 1. The van der Waals surface area contributed by atoms with Crippen molar-refractivity contribution in [3.8, 4) is 11.5 Å². The minimum atomic E-state index is -0.630. The Hall–Kier alpha value is -1.94. The summed E-state index contributed by atoms with van der Waals surface area (Å²) in [5, 5.41) is 9.32. The number of aliphatic hydroxyl groups excluding tert-OH is 1. The third-order valence-corrected chi connectivity index (χ3v) is 2.50. The summed E-state index contributed by atoms with van der Waals surface area (Å²) in [6, 6.07) is 7.96. The number of pyridine rings is 1. The zero-order valence-corrected chi connectivity index (χ0v) is 10.2. The Bertz CT molecular complexity index is 538. The lowest BCUT2D eigenvalue weighted by Crippen LogP contribution is -1.95. The molecule has 18 heavy (non-hydrogen) atoms. The van der Waals surface area contributed by atoms with E-state index in [1.807, 2.05) is 6.92 Å². The van der Waals surface area contributed by atoms with Crippen LogP contribution in [-0.4, -0.2) is 10.1 Å². The smallest absolute Gasteiger partial charge is 0.165 e. The van der Waals surface area contributed by atoms with E-state index in [4.69, 9.17) is 4.74 Å². The van der Waals surface area contributed by atoms with Gasteiger partial charge in [-0.05, 0) is 43.7 Å². The predicted octanol–water partition coefficient (Wildman–Crippen LogP) is 3.37. The zero-order chi connectivity index (χ0) is 13.1. The average Bonchev–Trinajstić information content (AvgIpc) is 2.34. The molecule has 1 heterocycles. The number of rotatable bonds is 3. The summed E-state index contributed by atoms with van der Waals surface area (Å²) in [6.07, 6.45) is 0.832. The molecule has 1 aromatic carbocycles. The molecule has 0 spiro atoms. The molecule has 0 aliphatic carbocycles. The summed E-state index contributed by atoms with van der Waals surface area (Å²) in [7, 11) is 0. The van der Waals surface area contributed by atoms with Crippen LogP contribution in [0.3, 0.4) is 0 Å². The maximum atomic E-state index is 13.5. The largest absolute Gasteiger partial charge is 0.453 e. The van der Waals surface area contributed by atoms with Gasteiger partial charge in [-0.1, -0.05) is 6.07 Å². The summed E-state index contributed by atoms with van der Waals surface area (Å²) < 4.78 is 18.9. The Morgan fingerprint density at radius 1 is 1.28 bits per heavy atom. The van der Waals surface area contributed by atoms with Crippen molar-refractivity contribution in [2.45, 2.75) is 20.0 Å². The molecule has 0 amide bonds. The van der Waals surface area contributed by atoms with Crippen molar-refractivity contribution >= 4 is 0 Å². The summed E-state index contributed by atoms with van der Waals surface area (Å²) in [5.74, 6) is 0.186. The van der Waals surface area contributed by atoms with Gasteiger partial charge in [-0.2, -0.15) is 0 Å². The van der Waals surface area contributed by atoms with Crippen LogP contribution in [0.15, 0.2) is 36.5 Å². The lowest BCUT2D eigenvalue weighted by Gasteiger charge is -2.08. The second kappa shape index (κ2) is 5.14. The van der Waals surface area contributed by atoms with E-state index in [-0.39, 0.29) is 5.75 Å². The number of nitrogens with zero attached hydrogens (tertiary/aromatic N) is 1. The van der Waals surface area contributed by atoms with Crippen molar-refractivity contribution < 1.29 is 14.2 Å². The Kier molecular flexibility index (Phi) is 3.58. The first kappa shape index (κ1) is 12.5. The van der Waals surface area contributed by atoms with Crippen molar-refractivity contribution in [2.75, 3.05) is 0 Å². The molecule has 4 heteroatoms. The van der Waals surface area contributed by atoms with Crippen LogP contribution in [0.25, 0.3) is 0 Å². The van der Waals surface area contributed by atoms with Crippen molar-refractivity contribution in [1.29, 1.82) is 0 Å². The van der Waals surface area contributed by atoms with E-state index in [0.29, 0.717) is 11.4 Å². The van der Waals surface area contributed by atoms with Gasteiger partial charge in [0.25, 0.3) is 0 Å². The van der Waals surface area contributed by atoms with E-state index in [9.17, 15) is 9.50 Å². The van der Waals surface area contributed by atoms with E-state index < -0.39 is 11.9 Å². The highest BCUT2D eigenvalue weighted by atomic mass is 19.1. The van der Waals surface area contributed by atoms with Gasteiger partial charge in [-0.15, -0.1) is 0 Å². The number of aliphatic hydroxyl groups is 1. The molecule has 94 valence electrons. The van der Waals surface area contributed by atoms with Crippen LogP contribution in [0.1, 0.15) is 24.3 Å². The van der Waals surface area contributed by atoms with Gasteiger partial charge < -0.3 is 9.84 Å². The second-order valence-electron chi connectivity index (χ2n) is 4.13. The molecule has 3 nitrogen and oxygen atoms in total. The van der Waals surface area contributed by atoms with Crippen LogP contribution >= 0.6 is 0 Å². The summed E-state index contributed by atoms with van der Waals surface area (Å²) in [6.45, 7) is 3.49. The van der Waals surface area contributed by atoms with Crippen molar-refractivity contribution in [2.24, 2.45) is 0 Å². The minimum absolute atomic E-state index is 0.168. The van der Waals surface area contributed by atoms with E-state index in [1.54, 1.807) is 31.2 Å². The third-order valence-electron chi connectivity index (χ3n) is 2.50. The number of aryl methyl sites for hydroxylation is 1. The normalized spacial score (nSPS) is 12.2. The highest BCUT2D eigenvalue weighted by molar-refractivity contribution is 5.34. The summed E-state index contributed by atoms with van der Waals surface area (Å²) >= 11 is 0. The Morgan fingerprint density at radius 3 is 2.67 bits per heavy atom. The Balaban J connectivity index is 2.21. The molecule has 2 rings (SSSR count).